The van der Waals surface area contributed by atoms with Crippen LogP contribution < -0.4 is 10.1 Å². The van der Waals surface area contributed by atoms with Crippen molar-refractivity contribution in [1.82, 2.24) is 10.3 Å². The van der Waals surface area contributed by atoms with E-state index in [4.69, 9.17) is 4.74 Å². The monoisotopic (exact) mass is 258 g/mol. The van der Waals surface area contributed by atoms with Gasteiger partial charge >= 0.3 is 0 Å². The first kappa shape index (κ1) is 11.8. The summed E-state index contributed by atoms with van der Waals surface area (Å²) in [6, 6.07) is 5.56. The topological polar surface area (TPSA) is 71.2 Å². The number of nitrogens with one attached hydrogen (secondary N) is 2. The van der Waals surface area contributed by atoms with E-state index in [9.17, 15) is 9.59 Å². The van der Waals surface area contributed by atoms with Crippen molar-refractivity contribution in [1.29, 1.82) is 0 Å². The molecule has 1 fully saturated rings. The van der Waals surface area contributed by atoms with Crippen LogP contribution in [0.3, 0.4) is 0 Å². The highest BCUT2D eigenvalue weighted by atomic mass is 16.5. The molecule has 1 aromatic heterocycles. The van der Waals surface area contributed by atoms with Gasteiger partial charge in [0.2, 0.25) is 0 Å². The number of aromatic amines is 1. The van der Waals surface area contributed by atoms with Crippen LogP contribution in [-0.4, -0.2) is 29.8 Å². The lowest BCUT2D eigenvalue weighted by molar-refractivity contribution is -0.117. The second-order valence-corrected chi connectivity index (χ2v) is 4.69. The van der Waals surface area contributed by atoms with Gasteiger partial charge in [0.15, 0.2) is 0 Å². The fourth-order valence-electron chi connectivity index (χ4n) is 2.02. The Hall–Kier alpha value is -2.30. The molecule has 5 nitrogen and oxygen atoms in total. The maximum absolute atomic E-state index is 12.1. The molecule has 1 aromatic carbocycles. The molecule has 0 aliphatic heterocycles. The zero-order valence-corrected chi connectivity index (χ0v) is 10.5. The van der Waals surface area contributed by atoms with Crippen LogP contribution in [0.15, 0.2) is 24.4 Å². The molecular formula is C14H14N2O3. The van der Waals surface area contributed by atoms with Crippen molar-refractivity contribution in [2.45, 2.75) is 18.9 Å². The Morgan fingerprint density at radius 3 is 2.84 bits per heavy atom. The van der Waals surface area contributed by atoms with Crippen LogP contribution in [0.2, 0.25) is 0 Å². The van der Waals surface area contributed by atoms with E-state index >= 15 is 0 Å². The van der Waals surface area contributed by atoms with Crippen molar-refractivity contribution in [3.63, 3.8) is 0 Å². The molecule has 2 aromatic rings. The van der Waals surface area contributed by atoms with E-state index in [0.29, 0.717) is 16.7 Å². The van der Waals surface area contributed by atoms with Crippen LogP contribution in [0.1, 0.15) is 23.2 Å². The van der Waals surface area contributed by atoms with Crippen LogP contribution >= 0.6 is 0 Å². The molecule has 0 saturated heterocycles. The summed E-state index contributed by atoms with van der Waals surface area (Å²) in [5.74, 6) is -0.388. The van der Waals surface area contributed by atoms with Crippen LogP contribution in [0.25, 0.3) is 10.9 Å². The summed E-state index contributed by atoms with van der Waals surface area (Å²) in [6.07, 6.45) is 3.49. The molecule has 98 valence electrons. The fourth-order valence-corrected chi connectivity index (χ4v) is 2.02. The number of methoxy groups -OCH3 is 1. The van der Waals surface area contributed by atoms with Crippen molar-refractivity contribution in [2.24, 2.45) is 0 Å². The molecule has 0 spiro atoms. The van der Waals surface area contributed by atoms with Gasteiger partial charge in [0.1, 0.15) is 5.75 Å². The summed E-state index contributed by atoms with van der Waals surface area (Å²) in [5, 5.41) is 3.41. The summed E-state index contributed by atoms with van der Waals surface area (Å²) in [5.41, 5.74) is 1.19. The summed E-state index contributed by atoms with van der Waals surface area (Å²) in [6.45, 7) is 0. The van der Waals surface area contributed by atoms with E-state index in [-0.39, 0.29) is 6.04 Å². The van der Waals surface area contributed by atoms with Gasteiger partial charge in [-0.25, -0.2) is 0 Å². The van der Waals surface area contributed by atoms with Crippen molar-refractivity contribution in [3.05, 3.63) is 30.0 Å². The molecule has 1 saturated carbocycles. The lowest BCUT2D eigenvalue weighted by Crippen LogP contribution is -2.32. The van der Waals surface area contributed by atoms with Gasteiger partial charge in [0.05, 0.1) is 12.7 Å². The normalized spacial score (nSPS) is 14.4. The minimum atomic E-state index is -0.536. The van der Waals surface area contributed by atoms with Crippen molar-refractivity contribution in [3.8, 4) is 5.75 Å². The molecular weight excluding hydrogens is 244 g/mol. The minimum absolute atomic E-state index is 0.177. The highest BCUT2D eigenvalue weighted by molar-refractivity contribution is 6.45. The lowest BCUT2D eigenvalue weighted by atomic mass is 10.1. The van der Waals surface area contributed by atoms with Gasteiger partial charge in [-0.15, -0.1) is 0 Å². The molecule has 1 amide bonds. The molecule has 5 heteroatoms. The van der Waals surface area contributed by atoms with Gasteiger partial charge in [-0.1, -0.05) is 0 Å². The minimum Gasteiger partial charge on any atom is -0.497 e. The van der Waals surface area contributed by atoms with E-state index in [1.807, 2.05) is 6.07 Å². The average Bonchev–Trinajstić information content (AvgIpc) is 3.14. The van der Waals surface area contributed by atoms with E-state index < -0.39 is 11.7 Å². The molecule has 1 aliphatic carbocycles. The van der Waals surface area contributed by atoms with Gasteiger partial charge in [0.25, 0.3) is 11.7 Å². The molecule has 0 unspecified atom stereocenters. The highest BCUT2D eigenvalue weighted by Gasteiger charge is 2.28. The maximum atomic E-state index is 12.1. The third kappa shape index (κ3) is 2.19. The third-order valence-corrected chi connectivity index (χ3v) is 3.25. The molecule has 3 rings (SSSR count). The number of fused-ring (bicyclic) bond motifs is 1. The number of hydrogen-bond acceptors (Lipinski definition) is 3. The summed E-state index contributed by atoms with van der Waals surface area (Å²) in [7, 11) is 1.56. The summed E-state index contributed by atoms with van der Waals surface area (Å²) >= 11 is 0. The van der Waals surface area contributed by atoms with E-state index in [2.05, 4.69) is 10.3 Å². The smallest absolute Gasteiger partial charge is 0.292 e. The number of Topliss-reactive ketones (excluding diaryl/α,β-unsaturated/α-hetero) is 1. The third-order valence-electron chi connectivity index (χ3n) is 3.25. The maximum Gasteiger partial charge on any atom is 0.292 e. The number of hydrogen-bond donors (Lipinski definition) is 2. The average molecular weight is 258 g/mol. The number of ketones is 1. The number of ether oxygens (including phenoxy) is 1. The Morgan fingerprint density at radius 1 is 1.37 bits per heavy atom. The second kappa shape index (κ2) is 4.42. The first-order valence-electron chi connectivity index (χ1n) is 6.19. The summed E-state index contributed by atoms with van der Waals surface area (Å²) < 4.78 is 5.14. The number of carbonyl (C=O) groups excluding carboxylic acids is 2. The van der Waals surface area contributed by atoms with E-state index in [0.717, 1.165) is 18.4 Å². The second-order valence-electron chi connectivity index (χ2n) is 4.69. The number of benzene rings is 1. The number of aromatic nitrogens is 1. The van der Waals surface area contributed by atoms with Gasteiger partial charge in [-0.05, 0) is 31.0 Å². The van der Waals surface area contributed by atoms with E-state index in [1.165, 1.54) is 0 Å². The zero-order chi connectivity index (χ0) is 13.4. The molecule has 0 radical (unpaired) electrons. The predicted molar refractivity (Wildman–Crippen MR) is 70.3 cm³/mol. The van der Waals surface area contributed by atoms with Crippen LogP contribution in [0.4, 0.5) is 0 Å². The van der Waals surface area contributed by atoms with Gasteiger partial charge < -0.3 is 15.0 Å². The van der Waals surface area contributed by atoms with Crippen LogP contribution in [0, 0.1) is 0 Å². The Morgan fingerprint density at radius 2 is 2.16 bits per heavy atom. The molecule has 1 heterocycles. The lowest BCUT2D eigenvalue weighted by Gasteiger charge is -2.02. The molecule has 19 heavy (non-hydrogen) atoms. The number of carbonyl (C=O) groups is 2. The predicted octanol–water partition coefficient (Wildman–Crippen LogP) is 1.64. The first-order valence-corrected chi connectivity index (χ1v) is 6.19. The molecule has 1 aliphatic rings. The highest BCUT2D eigenvalue weighted by Crippen LogP contribution is 2.24. The summed E-state index contributed by atoms with van der Waals surface area (Å²) in [4.78, 5) is 26.9. The van der Waals surface area contributed by atoms with Crippen molar-refractivity contribution < 1.29 is 14.3 Å². The van der Waals surface area contributed by atoms with Gasteiger partial charge in [-0.2, -0.15) is 0 Å². The number of amides is 1. The number of H-pyrrole nitrogens is 1. The Labute approximate surface area is 109 Å². The molecule has 0 atom stereocenters. The van der Waals surface area contributed by atoms with Gasteiger partial charge in [0, 0.05) is 23.1 Å². The van der Waals surface area contributed by atoms with Crippen LogP contribution in [-0.2, 0) is 4.79 Å². The SMILES string of the molecule is COc1ccc2[nH]cc(C(=O)C(=O)NC3CC3)c2c1. The molecule has 0 bridgehead atoms. The largest absolute Gasteiger partial charge is 0.497 e. The van der Waals surface area contributed by atoms with Crippen LogP contribution in [0.5, 0.6) is 5.75 Å². The first-order chi connectivity index (χ1) is 9.19. The quantitative estimate of drug-likeness (QED) is 0.647. The van der Waals surface area contributed by atoms with E-state index in [1.54, 1.807) is 25.4 Å². The standard InChI is InChI=1S/C14H14N2O3/c1-19-9-4-5-12-10(6-9)11(7-15-12)13(17)14(18)16-8-2-3-8/h4-8,15H,2-3H2,1H3,(H,16,18). The molecule has 2 N–H and O–H groups in total. The van der Waals surface area contributed by atoms with Crippen molar-refractivity contribution >= 4 is 22.6 Å². The fraction of sp³-hybridized carbons (Fsp3) is 0.286. The number of rotatable bonds is 4. The van der Waals surface area contributed by atoms with Crippen molar-refractivity contribution in [2.75, 3.05) is 7.11 Å². The Bertz CT molecular complexity index is 656. The Balaban J connectivity index is 1.94. The van der Waals surface area contributed by atoms with Gasteiger partial charge in [-0.3, -0.25) is 9.59 Å². The Kier molecular flexibility index (Phi) is 2.74. The zero-order valence-electron chi connectivity index (χ0n) is 10.5.